The van der Waals surface area contributed by atoms with E-state index in [0.717, 1.165) is 17.0 Å². The number of aromatic amines is 1. The zero-order chi connectivity index (χ0) is 16.6. The third-order valence-corrected chi connectivity index (χ3v) is 4.02. The van der Waals surface area contributed by atoms with E-state index in [4.69, 9.17) is 0 Å². The molecule has 23 heavy (non-hydrogen) atoms. The van der Waals surface area contributed by atoms with Gasteiger partial charge in [0.25, 0.3) is 6.29 Å². The number of aromatic nitrogens is 2. The van der Waals surface area contributed by atoms with Crippen LogP contribution in [0.2, 0.25) is 0 Å². The number of rotatable bonds is 2. The van der Waals surface area contributed by atoms with Crippen molar-refractivity contribution in [1.82, 2.24) is 15.5 Å². The van der Waals surface area contributed by atoms with Gasteiger partial charge in [-0.15, -0.1) is 0 Å². The van der Waals surface area contributed by atoms with Gasteiger partial charge in [-0.2, -0.15) is 15.6 Å². The smallest absolute Gasteiger partial charge is 0.256 e. The number of dihydropyridines is 1. The van der Waals surface area contributed by atoms with Gasteiger partial charge in [0.15, 0.2) is 0 Å². The van der Waals surface area contributed by atoms with E-state index in [9.17, 15) is 15.3 Å². The van der Waals surface area contributed by atoms with Gasteiger partial charge in [-0.05, 0) is 31.5 Å². The van der Waals surface area contributed by atoms with Crippen molar-refractivity contribution >= 4 is 17.2 Å². The summed E-state index contributed by atoms with van der Waals surface area (Å²) in [6.45, 7) is 3.62. The molecule has 0 saturated heterocycles. The number of allylic oxidation sites excluding steroid dienone is 4. The molecule has 111 valence electrons. The second-order valence-electron chi connectivity index (χ2n) is 5.34. The van der Waals surface area contributed by atoms with Crippen LogP contribution in [0.3, 0.4) is 0 Å². The van der Waals surface area contributed by atoms with E-state index in [2.05, 4.69) is 27.7 Å². The van der Waals surface area contributed by atoms with E-state index in [1.54, 1.807) is 18.4 Å². The third kappa shape index (κ3) is 2.18. The van der Waals surface area contributed by atoms with Gasteiger partial charge in [-0.3, -0.25) is 9.89 Å². The van der Waals surface area contributed by atoms with Gasteiger partial charge >= 0.3 is 0 Å². The molecule has 1 aromatic heterocycles. The summed E-state index contributed by atoms with van der Waals surface area (Å²) in [5, 5.41) is 29.4. The molecular formula is C17H12N5O. The molecule has 1 radical (unpaired) electrons. The van der Waals surface area contributed by atoms with Crippen molar-refractivity contribution in [2.24, 2.45) is 0 Å². The Kier molecular flexibility index (Phi) is 3.44. The fraction of sp³-hybridized carbons (Fsp3) is 0.176. The molecule has 0 fully saturated rings. The van der Waals surface area contributed by atoms with Gasteiger partial charge in [0.05, 0.1) is 34.7 Å². The molecule has 0 bridgehead atoms. The van der Waals surface area contributed by atoms with Gasteiger partial charge in [0, 0.05) is 16.8 Å². The van der Waals surface area contributed by atoms with Crippen LogP contribution in [0, 0.1) is 22.7 Å². The molecule has 1 aromatic carbocycles. The van der Waals surface area contributed by atoms with Crippen molar-refractivity contribution in [3.8, 4) is 12.1 Å². The Morgan fingerprint density at radius 2 is 1.78 bits per heavy atom. The minimum absolute atomic E-state index is 0.189. The van der Waals surface area contributed by atoms with Crippen LogP contribution >= 0.6 is 0 Å². The van der Waals surface area contributed by atoms with Gasteiger partial charge in [-0.25, -0.2) is 0 Å². The van der Waals surface area contributed by atoms with Crippen molar-refractivity contribution in [3.05, 3.63) is 52.0 Å². The molecule has 1 aliphatic heterocycles. The first kappa shape index (κ1) is 14.6. The normalized spacial score (nSPS) is 15.3. The summed E-state index contributed by atoms with van der Waals surface area (Å²) in [5.41, 5.74) is 4.10. The first-order valence-corrected chi connectivity index (χ1v) is 6.95. The Labute approximate surface area is 132 Å². The molecule has 2 N–H and O–H groups in total. The molecule has 6 nitrogen and oxygen atoms in total. The van der Waals surface area contributed by atoms with Crippen LogP contribution in [-0.4, -0.2) is 16.5 Å². The maximum Gasteiger partial charge on any atom is 0.256 e. The maximum atomic E-state index is 11.0. The van der Waals surface area contributed by atoms with E-state index in [0.29, 0.717) is 22.0 Å². The number of nitriles is 2. The number of nitrogens with zero attached hydrogens (tertiary/aromatic N) is 3. The highest BCUT2D eigenvalue weighted by molar-refractivity contribution is 5.95. The zero-order valence-electron chi connectivity index (χ0n) is 12.6. The average Bonchev–Trinajstić information content (AvgIpc) is 2.96. The molecule has 2 heterocycles. The lowest BCUT2D eigenvalue weighted by atomic mass is 9.81. The van der Waals surface area contributed by atoms with Crippen LogP contribution in [0.15, 0.2) is 40.7 Å². The number of benzene rings is 1. The summed E-state index contributed by atoms with van der Waals surface area (Å²) in [7, 11) is 0. The monoisotopic (exact) mass is 302 g/mol. The summed E-state index contributed by atoms with van der Waals surface area (Å²) < 4.78 is 0. The second-order valence-corrected chi connectivity index (χ2v) is 5.34. The summed E-state index contributed by atoms with van der Waals surface area (Å²) in [6, 6.07) is 9.78. The predicted octanol–water partition coefficient (Wildman–Crippen LogP) is 2.30. The summed E-state index contributed by atoms with van der Waals surface area (Å²) in [4.78, 5) is 11.0. The molecule has 0 aliphatic carbocycles. The standard InChI is InChI=1S/C17H12N5O/c1-9-13(6-18)17(14(7-19)10(2)20-9)11-3-4-15-12(5-11)16(8-23)22-21-15/h3-5,17,20H,1-2H3,(H,21,22). The molecule has 0 unspecified atom stereocenters. The lowest BCUT2D eigenvalue weighted by Crippen LogP contribution is -2.23. The number of H-pyrrole nitrogens is 1. The van der Waals surface area contributed by atoms with Crippen LogP contribution in [-0.2, 0) is 4.79 Å². The average molecular weight is 302 g/mol. The molecule has 6 heteroatoms. The Hall–Kier alpha value is -3.38. The molecule has 0 atom stereocenters. The van der Waals surface area contributed by atoms with Gasteiger partial charge in [0.2, 0.25) is 0 Å². The fourth-order valence-electron chi connectivity index (χ4n) is 2.91. The van der Waals surface area contributed by atoms with E-state index >= 15 is 0 Å². The van der Waals surface area contributed by atoms with Crippen molar-refractivity contribution in [1.29, 1.82) is 10.5 Å². The first-order valence-electron chi connectivity index (χ1n) is 6.95. The number of carbonyl (C=O) groups excluding carboxylic acids is 1. The van der Waals surface area contributed by atoms with Gasteiger partial charge < -0.3 is 5.32 Å². The number of fused-ring (bicyclic) bond motifs is 1. The minimum Gasteiger partial charge on any atom is -0.361 e. The highest BCUT2D eigenvalue weighted by Crippen LogP contribution is 2.38. The predicted molar refractivity (Wildman–Crippen MR) is 83.4 cm³/mol. The number of nitrogens with one attached hydrogen (secondary N) is 2. The Balaban J connectivity index is 2.25. The van der Waals surface area contributed by atoms with E-state index in [-0.39, 0.29) is 5.69 Å². The topological polar surface area (TPSA) is 105 Å². The molecule has 0 amide bonds. The molecule has 0 saturated carbocycles. The number of hydrogen-bond acceptors (Lipinski definition) is 5. The van der Waals surface area contributed by atoms with Crippen molar-refractivity contribution in [2.75, 3.05) is 0 Å². The van der Waals surface area contributed by atoms with Crippen molar-refractivity contribution in [3.63, 3.8) is 0 Å². The first-order chi connectivity index (χ1) is 11.1. The lowest BCUT2D eigenvalue weighted by molar-refractivity contribution is 0.561. The molecule has 0 spiro atoms. The minimum atomic E-state index is -0.454. The Bertz CT molecular complexity index is 929. The molecule has 1 aliphatic rings. The maximum absolute atomic E-state index is 11.0. The van der Waals surface area contributed by atoms with E-state index in [1.807, 2.05) is 19.9 Å². The quantitative estimate of drug-likeness (QED) is 0.885. The molecule has 3 rings (SSSR count). The van der Waals surface area contributed by atoms with Crippen molar-refractivity contribution < 1.29 is 4.79 Å². The van der Waals surface area contributed by atoms with Gasteiger partial charge in [0.1, 0.15) is 5.69 Å². The summed E-state index contributed by atoms with van der Waals surface area (Å²) in [5.74, 6) is -0.454. The highest BCUT2D eigenvalue weighted by Gasteiger charge is 2.29. The van der Waals surface area contributed by atoms with Crippen LogP contribution in [0.25, 0.3) is 10.9 Å². The van der Waals surface area contributed by atoms with Crippen LogP contribution in [0.5, 0.6) is 0 Å². The Morgan fingerprint density at radius 1 is 1.13 bits per heavy atom. The summed E-state index contributed by atoms with van der Waals surface area (Å²) >= 11 is 0. The molecule has 2 aromatic rings. The zero-order valence-corrected chi connectivity index (χ0v) is 12.6. The second kappa shape index (κ2) is 5.43. The fourth-order valence-corrected chi connectivity index (χ4v) is 2.91. The van der Waals surface area contributed by atoms with Crippen molar-refractivity contribution in [2.45, 2.75) is 19.8 Å². The van der Waals surface area contributed by atoms with Crippen LogP contribution < -0.4 is 5.32 Å². The SMILES string of the molecule is CC1=C(C#N)C(c2ccc3[nH]nc([C]=O)c3c2)C(C#N)=C(C)N1. The van der Waals surface area contributed by atoms with E-state index < -0.39 is 5.92 Å². The van der Waals surface area contributed by atoms with E-state index in [1.165, 1.54) is 0 Å². The molecular weight excluding hydrogens is 290 g/mol. The largest absolute Gasteiger partial charge is 0.361 e. The Morgan fingerprint density at radius 3 is 2.35 bits per heavy atom. The highest BCUT2D eigenvalue weighted by atomic mass is 16.1. The third-order valence-electron chi connectivity index (χ3n) is 4.02. The lowest BCUT2D eigenvalue weighted by Gasteiger charge is -2.26. The number of hydrogen-bond donors (Lipinski definition) is 2. The summed E-state index contributed by atoms with van der Waals surface area (Å²) in [6.07, 6.45) is 1.79. The van der Waals surface area contributed by atoms with Crippen LogP contribution in [0.1, 0.15) is 31.0 Å². The van der Waals surface area contributed by atoms with Gasteiger partial charge in [-0.1, -0.05) is 6.07 Å². The van der Waals surface area contributed by atoms with Crippen LogP contribution in [0.4, 0.5) is 0 Å².